The van der Waals surface area contributed by atoms with Gasteiger partial charge in [-0.15, -0.1) is 0 Å². The van der Waals surface area contributed by atoms with E-state index < -0.39 is 0 Å². The summed E-state index contributed by atoms with van der Waals surface area (Å²) >= 11 is 9.65. The number of benzene rings is 1. The van der Waals surface area contributed by atoms with Crippen LogP contribution in [0.3, 0.4) is 0 Å². The van der Waals surface area contributed by atoms with Crippen molar-refractivity contribution in [2.75, 3.05) is 19.6 Å². The zero-order chi connectivity index (χ0) is 14.5. The highest BCUT2D eigenvalue weighted by molar-refractivity contribution is 9.10. The summed E-state index contributed by atoms with van der Waals surface area (Å²) in [5.74, 6) is 0.824. The molecule has 1 aliphatic rings. The normalized spacial score (nSPS) is 17.1. The molecule has 1 saturated heterocycles. The summed E-state index contributed by atoms with van der Waals surface area (Å²) in [4.78, 5) is 2.57. The highest BCUT2D eigenvalue weighted by atomic mass is 79.9. The van der Waals surface area contributed by atoms with Gasteiger partial charge in [0.15, 0.2) is 0 Å². The van der Waals surface area contributed by atoms with Crippen LogP contribution in [0.15, 0.2) is 22.7 Å². The van der Waals surface area contributed by atoms with Crippen LogP contribution in [-0.4, -0.2) is 30.6 Å². The Morgan fingerprint density at radius 3 is 2.65 bits per heavy atom. The lowest BCUT2D eigenvalue weighted by atomic mass is 9.97. The van der Waals surface area contributed by atoms with Crippen molar-refractivity contribution in [1.29, 1.82) is 0 Å². The van der Waals surface area contributed by atoms with Crippen LogP contribution in [0.1, 0.15) is 32.3 Å². The van der Waals surface area contributed by atoms with E-state index in [-0.39, 0.29) is 0 Å². The molecular weight excluding hydrogens is 336 g/mol. The third-order valence-electron chi connectivity index (χ3n) is 4.05. The molecule has 0 atom stereocenters. The van der Waals surface area contributed by atoms with Crippen molar-refractivity contribution in [3.05, 3.63) is 33.3 Å². The second-order valence-corrected chi connectivity index (χ2v) is 7.23. The first-order valence-corrected chi connectivity index (χ1v) is 8.62. The van der Waals surface area contributed by atoms with Gasteiger partial charge in [0.05, 0.1) is 5.02 Å². The zero-order valence-electron chi connectivity index (χ0n) is 12.3. The van der Waals surface area contributed by atoms with Crippen LogP contribution in [0.2, 0.25) is 5.02 Å². The molecule has 0 bridgehead atoms. The molecular formula is C16H24BrClN2. The maximum atomic E-state index is 6.20. The number of nitrogens with zero attached hydrogens (tertiary/aromatic N) is 1. The summed E-state index contributed by atoms with van der Waals surface area (Å²) in [6.07, 6.45) is 2.59. The average Bonchev–Trinajstić information content (AvgIpc) is 2.43. The van der Waals surface area contributed by atoms with E-state index in [0.717, 1.165) is 22.0 Å². The van der Waals surface area contributed by atoms with Crippen LogP contribution >= 0.6 is 27.5 Å². The Kier molecular flexibility index (Phi) is 6.34. The standard InChI is InChI=1S/C16H24BrClN2/c1-12(2)20(10-13-5-7-19-8-6-13)11-14-3-4-15(17)16(18)9-14/h3-4,9,12-13,19H,5-8,10-11H2,1-2H3. The third kappa shape index (κ3) is 4.73. The van der Waals surface area contributed by atoms with Crippen molar-refractivity contribution >= 4 is 27.5 Å². The highest BCUT2D eigenvalue weighted by Gasteiger charge is 2.19. The van der Waals surface area contributed by atoms with Crippen LogP contribution in [0, 0.1) is 5.92 Å². The van der Waals surface area contributed by atoms with Crippen molar-refractivity contribution in [1.82, 2.24) is 10.2 Å². The van der Waals surface area contributed by atoms with Gasteiger partial charge >= 0.3 is 0 Å². The first-order chi connectivity index (χ1) is 9.56. The number of nitrogens with one attached hydrogen (secondary N) is 1. The fourth-order valence-electron chi connectivity index (χ4n) is 2.73. The first-order valence-electron chi connectivity index (χ1n) is 7.45. The van der Waals surface area contributed by atoms with Crippen molar-refractivity contribution < 1.29 is 0 Å². The average molecular weight is 360 g/mol. The van der Waals surface area contributed by atoms with Gasteiger partial charge in [0.1, 0.15) is 0 Å². The maximum absolute atomic E-state index is 6.20. The van der Waals surface area contributed by atoms with Crippen LogP contribution in [0.25, 0.3) is 0 Å². The van der Waals surface area contributed by atoms with Gasteiger partial charge < -0.3 is 5.32 Å². The van der Waals surface area contributed by atoms with E-state index in [1.807, 2.05) is 6.07 Å². The number of rotatable bonds is 5. The van der Waals surface area contributed by atoms with Gasteiger partial charge in [-0.1, -0.05) is 17.7 Å². The molecule has 1 aromatic carbocycles. The number of piperidine rings is 1. The molecule has 0 aliphatic carbocycles. The predicted molar refractivity (Wildman–Crippen MR) is 90.3 cm³/mol. The molecule has 1 fully saturated rings. The molecule has 1 heterocycles. The first kappa shape index (κ1) is 16.3. The van der Waals surface area contributed by atoms with Crippen molar-refractivity contribution in [2.45, 2.75) is 39.3 Å². The molecule has 0 unspecified atom stereocenters. The SMILES string of the molecule is CC(C)N(Cc1ccc(Br)c(Cl)c1)CC1CCNCC1. The molecule has 0 spiro atoms. The van der Waals surface area contributed by atoms with E-state index in [0.29, 0.717) is 6.04 Å². The Labute approximate surface area is 136 Å². The monoisotopic (exact) mass is 358 g/mol. The Bertz CT molecular complexity index is 430. The van der Waals surface area contributed by atoms with Gasteiger partial charge in [0.25, 0.3) is 0 Å². The summed E-state index contributed by atoms with van der Waals surface area (Å²) < 4.78 is 0.970. The summed E-state index contributed by atoms with van der Waals surface area (Å²) in [5, 5.41) is 4.24. The van der Waals surface area contributed by atoms with E-state index in [2.05, 4.69) is 52.1 Å². The van der Waals surface area contributed by atoms with Crippen molar-refractivity contribution in [3.63, 3.8) is 0 Å². The number of halogens is 2. The van der Waals surface area contributed by atoms with Gasteiger partial charge in [-0.3, -0.25) is 4.90 Å². The Morgan fingerprint density at radius 1 is 1.35 bits per heavy atom. The zero-order valence-corrected chi connectivity index (χ0v) is 14.7. The lowest BCUT2D eigenvalue weighted by Crippen LogP contribution is -2.39. The largest absolute Gasteiger partial charge is 0.317 e. The van der Waals surface area contributed by atoms with E-state index >= 15 is 0 Å². The second-order valence-electron chi connectivity index (χ2n) is 5.97. The highest BCUT2D eigenvalue weighted by Crippen LogP contribution is 2.25. The van der Waals surface area contributed by atoms with Crippen molar-refractivity contribution in [3.8, 4) is 0 Å². The lowest BCUT2D eigenvalue weighted by molar-refractivity contribution is 0.162. The summed E-state index contributed by atoms with van der Waals surface area (Å²) in [5.41, 5.74) is 1.29. The molecule has 0 radical (unpaired) electrons. The topological polar surface area (TPSA) is 15.3 Å². The van der Waals surface area contributed by atoms with E-state index in [4.69, 9.17) is 11.6 Å². The van der Waals surface area contributed by atoms with Crippen LogP contribution in [-0.2, 0) is 6.54 Å². The molecule has 4 heteroatoms. The quantitative estimate of drug-likeness (QED) is 0.842. The molecule has 1 N–H and O–H groups in total. The Balaban J connectivity index is 1.99. The van der Waals surface area contributed by atoms with Gasteiger partial charge in [-0.25, -0.2) is 0 Å². The minimum atomic E-state index is 0.562. The minimum Gasteiger partial charge on any atom is -0.317 e. The molecule has 0 saturated carbocycles. The second kappa shape index (κ2) is 7.79. The van der Waals surface area contributed by atoms with Crippen LogP contribution in [0.4, 0.5) is 0 Å². The molecule has 1 aliphatic heterocycles. The summed E-state index contributed by atoms with van der Waals surface area (Å²) in [6.45, 7) is 9.06. The molecule has 0 amide bonds. The predicted octanol–water partition coefficient (Wildman–Crippen LogP) is 4.31. The third-order valence-corrected chi connectivity index (χ3v) is 5.28. The molecule has 20 heavy (non-hydrogen) atoms. The molecule has 112 valence electrons. The Hall–Kier alpha value is -0.0900. The fourth-order valence-corrected chi connectivity index (χ4v) is 3.18. The summed E-state index contributed by atoms with van der Waals surface area (Å²) in [6, 6.07) is 6.84. The van der Waals surface area contributed by atoms with E-state index in [1.165, 1.54) is 38.0 Å². The molecule has 0 aromatic heterocycles. The van der Waals surface area contributed by atoms with E-state index in [1.54, 1.807) is 0 Å². The summed E-state index contributed by atoms with van der Waals surface area (Å²) in [7, 11) is 0. The smallest absolute Gasteiger partial charge is 0.0551 e. The number of hydrogen-bond acceptors (Lipinski definition) is 2. The van der Waals surface area contributed by atoms with Crippen LogP contribution < -0.4 is 5.32 Å². The molecule has 2 nitrogen and oxygen atoms in total. The van der Waals surface area contributed by atoms with Gasteiger partial charge in [0.2, 0.25) is 0 Å². The number of hydrogen-bond donors (Lipinski definition) is 1. The van der Waals surface area contributed by atoms with Crippen LogP contribution in [0.5, 0.6) is 0 Å². The maximum Gasteiger partial charge on any atom is 0.0551 e. The van der Waals surface area contributed by atoms with Gasteiger partial charge in [-0.05, 0) is 79.3 Å². The molecule has 2 rings (SSSR count). The lowest BCUT2D eigenvalue weighted by Gasteiger charge is -2.32. The minimum absolute atomic E-state index is 0.562. The van der Waals surface area contributed by atoms with E-state index in [9.17, 15) is 0 Å². The van der Waals surface area contributed by atoms with Crippen molar-refractivity contribution in [2.24, 2.45) is 5.92 Å². The van der Waals surface area contributed by atoms with Gasteiger partial charge in [0, 0.05) is 23.6 Å². The van der Waals surface area contributed by atoms with Gasteiger partial charge in [-0.2, -0.15) is 0 Å². The molecule has 1 aromatic rings. The Morgan fingerprint density at radius 2 is 2.05 bits per heavy atom. The fraction of sp³-hybridized carbons (Fsp3) is 0.625.